The highest BCUT2D eigenvalue weighted by Gasteiger charge is 2.44. The van der Waals surface area contributed by atoms with Crippen LogP contribution in [-0.2, 0) is 11.8 Å². The van der Waals surface area contributed by atoms with Crippen LogP contribution in [0.2, 0.25) is 0 Å². The fourth-order valence-electron chi connectivity index (χ4n) is 4.31. The summed E-state index contributed by atoms with van der Waals surface area (Å²) in [5, 5.41) is 3.64. The van der Waals surface area contributed by atoms with Crippen LogP contribution < -0.4 is 11.1 Å². The van der Waals surface area contributed by atoms with Crippen LogP contribution in [0.25, 0.3) is 0 Å². The van der Waals surface area contributed by atoms with Gasteiger partial charge in [0, 0.05) is 53.3 Å². The van der Waals surface area contributed by atoms with Crippen molar-refractivity contribution in [2.75, 3.05) is 18.4 Å². The molecule has 0 saturated heterocycles. The van der Waals surface area contributed by atoms with Gasteiger partial charge in [-0.05, 0) is 63.4 Å². The van der Waals surface area contributed by atoms with Gasteiger partial charge in [-0.1, -0.05) is 45.2 Å². The standard InChI is InChI=1S/C26H35N5S2/c1-8-17-19(24(33)31(9-2)10-3)13-16(22(27)32)14-21(17)29-23-18-11-12-28-15-20(18)25(4,5)26(6,7)30-23/h11-15H,8-10H2,1-7H3,(H2,27,32)(H,29,30). The summed E-state index contributed by atoms with van der Waals surface area (Å²) >= 11 is 11.3. The smallest absolute Gasteiger partial charge is 0.133 e. The van der Waals surface area contributed by atoms with Crippen LogP contribution in [-0.4, -0.2) is 44.3 Å². The number of aliphatic imine (C=N–C) groups is 1. The van der Waals surface area contributed by atoms with Gasteiger partial charge in [-0.25, -0.2) is 0 Å². The van der Waals surface area contributed by atoms with Crippen molar-refractivity contribution < 1.29 is 0 Å². The molecule has 1 aliphatic rings. The Kier molecular flexibility index (Phi) is 7.24. The van der Waals surface area contributed by atoms with E-state index >= 15 is 0 Å². The average molecular weight is 482 g/mol. The van der Waals surface area contributed by atoms with E-state index in [9.17, 15) is 0 Å². The van der Waals surface area contributed by atoms with E-state index in [0.717, 1.165) is 58.3 Å². The molecule has 2 aromatic rings. The van der Waals surface area contributed by atoms with Gasteiger partial charge in [-0.15, -0.1) is 0 Å². The van der Waals surface area contributed by atoms with Crippen molar-refractivity contribution in [3.63, 3.8) is 0 Å². The zero-order valence-electron chi connectivity index (χ0n) is 20.7. The Hall–Kier alpha value is -2.38. The van der Waals surface area contributed by atoms with Gasteiger partial charge in [0.25, 0.3) is 0 Å². The van der Waals surface area contributed by atoms with Gasteiger partial charge >= 0.3 is 0 Å². The van der Waals surface area contributed by atoms with Gasteiger partial charge in [0.2, 0.25) is 0 Å². The molecule has 3 N–H and O–H groups in total. The van der Waals surface area contributed by atoms with Crippen molar-refractivity contribution >= 4 is 45.9 Å². The predicted octanol–water partition coefficient (Wildman–Crippen LogP) is 5.22. The molecule has 176 valence electrons. The summed E-state index contributed by atoms with van der Waals surface area (Å²) < 4.78 is 0. The van der Waals surface area contributed by atoms with E-state index in [1.165, 1.54) is 5.56 Å². The van der Waals surface area contributed by atoms with Gasteiger partial charge in [0.1, 0.15) is 15.8 Å². The second-order valence-electron chi connectivity index (χ2n) is 9.44. The summed E-state index contributed by atoms with van der Waals surface area (Å²) in [6, 6.07) is 6.08. The normalized spacial score (nSPS) is 15.9. The maximum atomic E-state index is 6.08. The van der Waals surface area contributed by atoms with E-state index in [2.05, 4.69) is 63.7 Å². The number of amidine groups is 1. The zero-order chi connectivity index (χ0) is 24.6. The first-order valence-electron chi connectivity index (χ1n) is 11.6. The topological polar surface area (TPSA) is 66.5 Å². The lowest BCUT2D eigenvalue weighted by atomic mass is 9.67. The SMILES string of the molecule is CCc1c(NC2=NC(C)(C)C(C)(C)c3cnccc32)cc(C(N)=S)cc1C(=S)N(CC)CC. The Bertz CT molecular complexity index is 1110. The predicted molar refractivity (Wildman–Crippen MR) is 148 cm³/mol. The first-order valence-corrected chi connectivity index (χ1v) is 12.4. The van der Waals surface area contributed by atoms with Gasteiger partial charge < -0.3 is 16.0 Å². The van der Waals surface area contributed by atoms with Crippen LogP contribution in [0.5, 0.6) is 0 Å². The summed E-state index contributed by atoms with van der Waals surface area (Å²) in [7, 11) is 0. The number of anilines is 1. The minimum atomic E-state index is -0.322. The number of nitrogens with one attached hydrogen (secondary N) is 1. The van der Waals surface area contributed by atoms with E-state index in [0.29, 0.717) is 4.99 Å². The molecule has 0 aliphatic carbocycles. The summed E-state index contributed by atoms with van der Waals surface area (Å²) in [6.07, 6.45) is 4.58. The van der Waals surface area contributed by atoms with Gasteiger partial charge in [0.15, 0.2) is 0 Å². The molecule has 0 bridgehead atoms. The Morgan fingerprint density at radius 2 is 1.76 bits per heavy atom. The van der Waals surface area contributed by atoms with Crippen molar-refractivity contribution in [1.82, 2.24) is 9.88 Å². The summed E-state index contributed by atoms with van der Waals surface area (Å²) in [6.45, 7) is 16.8. The lowest BCUT2D eigenvalue weighted by Gasteiger charge is -2.44. The number of pyridine rings is 1. The van der Waals surface area contributed by atoms with Crippen LogP contribution in [0.3, 0.4) is 0 Å². The number of fused-ring (bicyclic) bond motifs is 1. The van der Waals surface area contributed by atoms with E-state index in [4.69, 9.17) is 35.2 Å². The van der Waals surface area contributed by atoms with Crippen LogP contribution in [0.1, 0.15) is 76.3 Å². The monoisotopic (exact) mass is 481 g/mol. The van der Waals surface area contributed by atoms with Crippen LogP contribution in [0.4, 0.5) is 5.69 Å². The number of aromatic nitrogens is 1. The highest BCUT2D eigenvalue weighted by atomic mass is 32.1. The van der Waals surface area contributed by atoms with Gasteiger partial charge in [0.05, 0.1) is 5.54 Å². The van der Waals surface area contributed by atoms with E-state index in [1.807, 2.05) is 30.6 Å². The molecule has 7 heteroatoms. The van der Waals surface area contributed by atoms with Crippen LogP contribution in [0.15, 0.2) is 35.6 Å². The number of nitrogens with zero attached hydrogens (tertiary/aromatic N) is 3. The van der Waals surface area contributed by atoms with Gasteiger partial charge in [-0.2, -0.15) is 0 Å². The third-order valence-electron chi connectivity index (χ3n) is 7.09. The molecular weight excluding hydrogens is 446 g/mol. The molecular formula is C26H35N5S2. The van der Waals surface area contributed by atoms with E-state index in [-0.39, 0.29) is 11.0 Å². The maximum Gasteiger partial charge on any atom is 0.133 e. The Balaban J connectivity index is 2.20. The first-order chi connectivity index (χ1) is 15.5. The molecule has 0 atom stereocenters. The third-order valence-corrected chi connectivity index (χ3v) is 7.81. The van der Waals surface area contributed by atoms with E-state index < -0.39 is 0 Å². The second-order valence-corrected chi connectivity index (χ2v) is 10.3. The molecule has 33 heavy (non-hydrogen) atoms. The Morgan fingerprint density at radius 3 is 2.33 bits per heavy atom. The summed E-state index contributed by atoms with van der Waals surface area (Å²) in [5.74, 6) is 0.825. The molecule has 5 nitrogen and oxygen atoms in total. The van der Waals surface area contributed by atoms with Crippen molar-refractivity contribution in [2.24, 2.45) is 10.7 Å². The highest BCUT2D eigenvalue weighted by Crippen LogP contribution is 2.43. The maximum absolute atomic E-state index is 6.08. The average Bonchev–Trinajstić information content (AvgIpc) is 2.77. The van der Waals surface area contributed by atoms with Crippen LogP contribution >= 0.6 is 24.4 Å². The molecule has 0 fully saturated rings. The molecule has 1 aliphatic heterocycles. The molecule has 0 amide bonds. The second kappa shape index (κ2) is 9.47. The fourth-order valence-corrected chi connectivity index (χ4v) is 4.87. The highest BCUT2D eigenvalue weighted by molar-refractivity contribution is 7.81. The first kappa shape index (κ1) is 25.2. The molecule has 1 aromatic carbocycles. The van der Waals surface area contributed by atoms with Gasteiger partial charge in [-0.3, -0.25) is 9.98 Å². The number of rotatable bonds is 6. The number of nitrogens with two attached hydrogens (primary N) is 1. The molecule has 1 aromatic heterocycles. The van der Waals surface area contributed by atoms with Crippen molar-refractivity contribution in [1.29, 1.82) is 0 Å². The molecule has 0 spiro atoms. The Morgan fingerprint density at radius 1 is 1.09 bits per heavy atom. The summed E-state index contributed by atoms with van der Waals surface area (Å²) in [5.41, 5.74) is 11.7. The van der Waals surface area contributed by atoms with Crippen LogP contribution in [0, 0.1) is 0 Å². The minimum absolute atomic E-state index is 0.161. The molecule has 0 saturated carbocycles. The minimum Gasteiger partial charge on any atom is -0.389 e. The molecule has 0 radical (unpaired) electrons. The molecule has 2 heterocycles. The Labute approximate surface area is 208 Å². The number of thiocarbonyl (C=S) groups is 2. The number of hydrogen-bond acceptors (Lipinski definition) is 5. The quantitative estimate of drug-likeness (QED) is 0.551. The lowest BCUT2D eigenvalue weighted by Crippen LogP contribution is -2.47. The number of hydrogen-bond donors (Lipinski definition) is 2. The van der Waals surface area contributed by atoms with Crippen molar-refractivity contribution in [3.8, 4) is 0 Å². The largest absolute Gasteiger partial charge is 0.389 e. The third kappa shape index (κ3) is 4.53. The molecule has 3 rings (SSSR count). The summed E-state index contributed by atoms with van der Waals surface area (Å²) in [4.78, 5) is 12.9. The number of benzene rings is 1. The van der Waals surface area contributed by atoms with E-state index in [1.54, 1.807) is 0 Å². The van der Waals surface area contributed by atoms with Crippen molar-refractivity contribution in [3.05, 3.63) is 58.4 Å². The molecule has 0 unspecified atom stereocenters. The zero-order valence-corrected chi connectivity index (χ0v) is 22.4. The lowest BCUT2D eigenvalue weighted by molar-refractivity contribution is 0.302. The fraction of sp³-hybridized carbons (Fsp3) is 0.462. The van der Waals surface area contributed by atoms with Crippen molar-refractivity contribution in [2.45, 2.75) is 65.8 Å².